The molecule has 1 atom stereocenters. The lowest BCUT2D eigenvalue weighted by Crippen LogP contribution is -2.22. The molecule has 3 aromatic rings. The Morgan fingerprint density at radius 3 is 2.38 bits per heavy atom. The van der Waals surface area contributed by atoms with Crippen LogP contribution in [0.1, 0.15) is 23.6 Å². The lowest BCUT2D eigenvalue weighted by Gasteiger charge is -2.25. The second-order valence-corrected chi connectivity index (χ2v) is 7.02. The minimum absolute atomic E-state index is 0.384. The summed E-state index contributed by atoms with van der Waals surface area (Å²) >= 11 is 0. The average Bonchev–Trinajstić information content (AvgIpc) is 3.03. The average molecular weight is 388 g/mol. The van der Waals surface area contributed by atoms with Gasteiger partial charge in [0.2, 0.25) is 5.66 Å². The molecule has 0 bridgehead atoms. The van der Waals surface area contributed by atoms with Gasteiger partial charge in [0.25, 0.3) is 0 Å². The zero-order chi connectivity index (χ0) is 20.6. The fourth-order valence-corrected chi connectivity index (χ4v) is 3.59. The Balaban J connectivity index is 1.91. The summed E-state index contributed by atoms with van der Waals surface area (Å²) in [4.78, 5) is 13.6. The number of aryl methyl sites for hydroxylation is 1. The van der Waals surface area contributed by atoms with E-state index in [1.54, 1.807) is 13.3 Å². The number of aromatic nitrogens is 1. The lowest BCUT2D eigenvalue weighted by atomic mass is 9.89. The van der Waals surface area contributed by atoms with Crippen LogP contribution in [-0.4, -0.2) is 23.6 Å². The van der Waals surface area contributed by atoms with Gasteiger partial charge in [-0.05, 0) is 49.2 Å². The van der Waals surface area contributed by atoms with Crippen molar-refractivity contribution < 1.29 is 9.13 Å². The van der Waals surface area contributed by atoms with Crippen LogP contribution in [0.2, 0.25) is 0 Å². The Morgan fingerprint density at radius 2 is 1.72 bits per heavy atom. The molecular weight excluding hydrogens is 367 g/mol. The largest absolute Gasteiger partial charge is 0.496 e. The number of ether oxygens (including phenoxy) is 1. The first-order chi connectivity index (χ1) is 13.9. The van der Waals surface area contributed by atoms with Crippen LogP contribution in [0, 0.1) is 12.7 Å². The van der Waals surface area contributed by atoms with E-state index < -0.39 is 5.66 Å². The summed E-state index contributed by atoms with van der Waals surface area (Å²) in [5, 5.41) is 0. The fourth-order valence-electron chi connectivity index (χ4n) is 3.59. The predicted molar refractivity (Wildman–Crippen MR) is 113 cm³/mol. The highest BCUT2D eigenvalue weighted by atomic mass is 19.1. The summed E-state index contributed by atoms with van der Waals surface area (Å²) in [6, 6.07) is 15.0. The number of halogens is 1. The van der Waals surface area contributed by atoms with Crippen molar-refractivity contribution in [3.8, 4) is 16.9 Å². The highest BCUT2D eigenvalue weighted by Gasteiger charge is 2.38. The topological polar surface area (TPSA) is 72.9 Å². The van der Waals surface area contributed by atoms with Gasteiger partial charge in [0.15, 0.2) is 0 Å². The number of methoxy groups -OCH3 is 1. The third-order valence-electron chi connectivity index (χ3n) is 5.08. The van der Waals surface area contributed by atoms with Crippen LogP contribution >= 0.6 is 0 Å². The Hall–Kier alpha value is -3.54. The molecule has 4 rings (SSSR count). The van der Waals surface area contributed by atoms with E-state index >= 15 is 0 Å². The van der Waals surface area contributed by atoms with Gasteiger partial charge >= 0.3 is 0 Å². The number of amidine groups is 1. The first-order valence-electron chi connectivity index (χ1n) is 9.21. The van der Waals surface area contributed by atoms with E-state index in [1.165, 1.54) is 12.3 Å². The summed E-state index contributed by atoms with van der Waals surface area (Å²) in [7, 11) is 1.64. The number of rotatable bonds is 4. The first-order valence-corrected chi connectivity index (χ1v) is 9.21. The van der Waals surface area contributed by atoms with E-state index in [-0.39, 0.29) is 5.82 Å². The molecule has 0 saturated carbocycles. The van der Waals surface area contributed by atoms with Crippen molar-refractivity contribution in [1.29, 1.82) is 0 Å². The van der Waals surface area contributed by atoms with Crippen molar-refractivity contribution in [1.82, 2.24) is 4.98 Å². The third kappa shape index (κ3) is 3.27. The minimum atomic E-state index is -0.998. The van der Waals surface area contributed by atoms with Crippen LogP contribution < -0.4 is 10.5 Å². The van der Waals surface area contributed by atoms with Crippen molar-refractivity contribution in [3.05, 3.63) is 83.4 Å². The molecule has 0 fully saturated rings. The zero-order valence-corrected chi connectivity index (χ0v) is 16.5. The predicted octanol–water partition coefficient (Wildman–Crippen LogP) is 4.24. The van der Waals surface area contributed by atoms with Gasteiger partial charge < -0.3 is 10.5 Å². The van der Waals surface area contributed by atoms with Crippen LogP contribution in [-0.2, 0) is 5.66 Å². The number of nitrogens with two attached hydrogens (primary N) is 1. The van der Waals surface area contributed by atoms with Crippen LogP contribution in [0.15, 0.2) is 70.9 Å². The van der Waals surface area contributed by atoms with Crippen LogP contribution in [0.25, 0.3) is 11.1 Å². The fraction of sp³-hybridized carbons (Fsp3) is 0.174. The Kier molecular flexibility index (Phi) is 4.62. The van der Waals surface area contributed by atoms with E-state index in [2.05, 4.69) is 4.98 Å². The van der Waals surface area contributed by atoms with Crippen molar-refractivity contribution in [2.24, 2.45) is 15.7 Å². The van der Waals surface area contributed by atoms with E-state index in [9.17, 15) is 4.39 Å². The smallest absolute Gasteiger partial charge is 0.204 e. The van der Waals surface area contributed by atoms with Gasteiger partial charge in [-0.15, -0.1) is 0 Å². The molecule has 0 saturated heterocycles. The van der Waals surface area contributed by atoms with Gasteiger partial charge in [-0.3, -0.25) is 4.98 Å². The summed E-state index contributed by atoms with van der Waals surface area (Å²) in [5.74, 6) is 0.806. The maximum Gasteiger partial charge on any atom is 0.204 e. The Morgan fingerprint density at radius 1 is 0.931 bits per heavy atom. The molecule has 2 aromatic carbocycles. The summed E-state index contributed by atoms with van der Waals surface area (Å²) in [6.07, 6.45) is 2.82. The number of hydrogen-bond donors (Lipinski definition) is 1. The van der Waals surface area contributed by atoms with Crippen molar-refractivity contribution in [2.45, 2.75) is 19.5 Å². The molecule has 2 heterocycles. The SMILES string of the molecule is COc1ccc(C2(c3cccc(-c4cncc(F)c4)c3)N=C(C)C(N)=N2)cc1C. The number of nitrogens with zero attached hydrogens (tertiary/aromatic N) is 3. The maximum atomic E-state index is 13.7. The lowest BCUT2D eigenvalue weighted by molar-refractivity contribution is 0.411. The second kappa shape index (κ2) is 7.13. The molecule has 1 aliphatic rings. The van der Waals surface area contributed by atoms with Gasteiger partial charge in [-0.25, -0.2) is 14.4 Å². The number of hydrogen-bond acceptors (Lipinski definition) is 5. The zero-order valence-electron chi connectivity index (χ0n) is 16.5. The maximum absolute atomic E-state index is 13.7. The van der Waals surface area contributed by atoms with Crippen LogP contribution in [0.3, 0.4) is 0 Å². The normalized spacial score (nSPS) is 18.3. The summed E-state index contributed by atoms with van der Waals surface area (Å²) in [5.41, 5.74) is 10.0. The van der Waals surface area contributed by atoms with Gasteiger partial charge in [0, 0.05) is 22.9 Å². The molecule has 1 aliphatic heterocycles. The quantitative estimate of drug-likeness (QED) is 0.727. The van der Waals surface area contributed by atoms with E-state index in [0.29, 0.717) is 17.1 Å². The molecule has 2 N–H and O–H groups in total. The highest BCUT2D eigenvalue weighted by Crippen LogP contribution is 2.41. The van der Waals surface area contributed by atoms with E-state index in [0.717, 1.165) is 28.0 Å². The van der Waals surface area contributed by atoms with Crippen LogP contribution in [0.5, 0.6) is 5.75 Å². The van der Waals surface area contributed by atoms with Gasteiger partial charge in [0.05, 0.1) is 19.0 Å². The van der Waals surface area contributed by atoms with Crippen molar-refractivity contribution >= 4 is 11.5 Å². The molecule has 0 aliphatic carbocycles. The molecule has 5 nitrogen and oxygen atoms in total. The van der Waals surface area contributed by atoms with Crippen molar-refractivity contribution in [3.63, 3.8) is 0 Å². The minimum Gasteiger partial charge on any atom is -0.496 e. The summed E-state index contributed by atoms with van der Waals surface area (Å²) < 4.78 is 19.1. The molecule has 0 radical (unpaired) electrons. The molecule has 0 amide bonds. The third-order valence-corrected chi connectivity index (χ3v) is 5.08. The molecule has 1 aromatic heterocycles. The van der Waals surface area contributed by atoms with Gasteiger partial charge in [-0.2, -0.15) is 0 Å². The summed E-state index contributed by atoms with van der Waals surface area (Å²) in [6.45, 7) is 3.82. The van der Waals surface area contributed by atoms with E-state index in [1.807, 2.05) is 56.3 Å². The Bertz CT molecular complexity index is 1140. The number of pyridine rings is 1. The van der Waals surface area contributed by atoms with Gasteiger partial charge in [-0.1, -0.05) is 24.3 Å². The number of benzene rings is 2. The second-order valence-electron chi connectivity index (χ2n) is 7.02. The van der Waals surface area contributed by atoms with Gasteiger partial charge in [0.1, 0.15) is 17.4 Å². The molecule has 146 valence electrons. The molecule has 0 spiro atoms. The molecule has 1 unspecified atom stereocenters. The monoisotopic (exact) mass is 388 g/mol. The Labute approximate surface area is 168 Å². The van der Waals surface area contributed by atoms with Crippen LogP contribution in [0.4, 0.5) is 4.39 Å². The molecule has 6 heteroatoms. The first kappa shape index (κ1) is 18.8. The highest BCUT2D eigenvalue weighted by molar-refractivity contribution is 6.41. The molecule has 29 heavy (non-hydrogen) atoms. The standard InChI is InChI=1S/C23H21FN4O/c1-14-9-19(7-8-21(14)29-3)23(27-15(2)22(25)28-23)18-6-4-5-16(10-18)17-11-20(24)13-26-12-17/h4-13H,1-3H3,(H2,25,28). The van der Waals surface area contributed by atoms with E-state index in [4.69, 9.17) is 20.5 Å². The van der Waals surface area contributed by atoms with Crippen molar-refractivity contribution in [2.75, 3.05) is 7.11 Å². The number of aliphatic imine (C=N–C) groups is 2. The molecular formula is C23H21FN4O.